The van der Waals surface area contributed by atoms with Crippen molar-refractivity contribution >= 4 is 17.5 Å². The fourth-order valence-corrected chi connectivity index (χ4v) is 1.33. The van der Waals surface area contributed by atoms with Gasteiger partial charge >= 0.3 is 11.8 Å². The first-order valence-electron chi connectivity index (χ1n) is 6.55. The minimum Gasteiger partial charge on any atom is -0.490 e. The molecule has 0 fully saturated rings. The highest BCUT2D eigenvalue weighted by atomic mass is 16.6. The zero-order valence-corrected chi connectivity index (χ0v) is 13.2. The largest absolute Gasteiger partial charge is 0.490 e. The quantitative estimate of drug-likeness (QED) is 0.673. The van der Waals surface area contributed by atoms with Crippen molar-refractivity contribution in [1.29, 1.82) is 0 Å². The van der Waals surface area contributed by atoms with Crippen molar-refractivity contribution in [1.82, 2.24) is 0 Å². The number of benzene rings is 1. The maximum Gasteiger partial charge on any atom is 0.412 e. The van der Waals surface area contributed by atoms with Crippen molar-refractivity contribution in [3.05, 3.63) is 28.3 Å². The summed E-state index contributed by atoms with van der Waals surface area (Å²) in [6.45, 7) is 9.18. The van der Waals surface area contributed by atoms with Crippen LogP contribution in [0.1, 0.15) is 34.6 Å². The predicted molar refractivity (Wildman–Crippen MR) is 80.9 cm³/mol. The lowest BCUT2D eigenvalue weighted by Crippen LogP contribution is -2.27. The van der Waals surface area contributed by atoms with Crippen LogP contribution in [-0.2, 0) is 4.74 Å². The van der Waals surface area contributed by atoms with E-state index < -0.39 is 16.6 Å². The van der Waals surface area contributed by atoms with Crippen LogP contribution < -0.4 is 10.1 Å². The molecule has 0 radical (unpaired) electrons. The van der Waals surface area contributed by atoms with Crippen LogP contribution in [0.15, 0.2) is 18.2 Å². The van der Waals surface area contributed by atoms with Gasteiger partial charge in [-0.3, -0.25) is 15.4 Å². The van der Waals surface area contributed by atoms with Gasteiger partial charge in [0, 0.05) is 6.07 Å². The summed E-state index contributed by atoms with van der Waals surface area (Å²) in [5, 5.41) is 13.3. The number of nitro benzene ring substituents is 1. The smallest absolute Gasteiger partial charge is 0.412 e. The Morgan fingerprint density at radius 3 is 2.29 bits per heavy atom. The molecule has 1 N–H and O–H groups in total. The highest BCUT2D eigenvalue weighted by Crippen LogP contribution is 2.29. The van der Waals surface area contributed by atoms with Gasteiger partial charge in [0.2, 0.25) is 0 Å². The van der Waals surface area contributed by atoms with Crippen LogP contribution in [0, 0.1) is 10.1 Å². The molecule has 0 aliphatic rings. The number of ether oxygens (including phenoxy) is 2. The number of methoxy groups -OCH3 is 1. The number of nitro groups is 1. The Morgan fingerprint density at radius 2 is 1.86 bits per heavy atom. The third-order valence-electron chi connectivity index (χ3n) is 2.02. The molecule has 1 amide bonds. The Kier molecular flexibility index (Phi) is 7.19. The van der Waals surface area contributed by atoms with E-state index in [1.807, 2.05) is 13.8 Å². The van der Waals surface area contributed by atoms with E-state index in [2.05, 4.69) is 5.32 Å². The van der Waals surface area contributed by atoms with E-state index in [4.69, 9.17) is 9.47 Å². The van der Waals surface area contributed by atoms with Gasteiger partial charge in [0.15, 0.2) is 5.75 Å². The summed E-state index contributed by atoms with van der Waals surface area (Å²) >= 11 is 0. The van der Waals surface area contributed by atoms with Gasteiger partial charge in [0.1, 0.15) is 5.60 Å². The SMILES string of the molecule is CC.COc1ccc(NC(=O)OC(C)(C)C)cc1[N+](=O)[O-]. The van der Waals surface area contributed by atoms with Gasteiger partial charge in [-0.25, -0.2) is 4.79 Å². The van der Waals surface area contributed by atoms with Crippen molar-refractivity contribution in [3.63, 3.8) is 0 Å². The number of amides is 1. The van der Waals surface area contributed by atoms with Gasteiger partial charge in [-0.2, -0.15) is 0 Å². The zero-order valence-electron chi connectivity index (χ0n) is 13.2. The third kappa shape index (κ3) is 6.60. The number of carbonyl (C=O) groups excluding carboxylic acids is 1. The first-order valence-corrected chi connectivity index (χ1v) is 6.55. The van der Waals surface area contributed by atoms with Crippen LogP contribution in [0.2, 0.25) is 0 Å². The minimum atomic E-state index is -0.674. The summed E-state index contributed by atoms with van der Waals surface area (Å²) in [5.41, 5.74) is -0.597. The molecule has 0 saturated heterocycles. The van der Waals surface area contributed by atoms with Crippen LogP contribution in [0.5, 0.6) is 5.75 Å². The molecule has 0 aliphatic heterocycles. The van der Waals surface area contributed by atoms with Crippen LogP contribution in [0.4, 0.5) is 16.2 Å². The molecular weight excluding hydrogens is 276 g/mol. The average Bonchev–Trinajstić information content (AvgIpc) is 2.38. The minimum absolute atomic E-state index is 0.125. The lowest BCUT2D eigenvalue weighted by atomic mass is 10.2. The molecule has 0 saturated carbocycles. The van der Waals surface area contributed by atoms with Gasteiger partial charge in [0.25, 0.3) is 0 Å². The monoisotopic (exact) mass is 298 g/mol. The van der Waals surface area contributed by atoms with Gasteiger partial charge in [-0.05, 0) is 32.9 Å². The average molecular weight is 298 g/mol. The van der Waals surface area contributed by atoms with Gasteiger partial charge in [-0.15, -0.1) is 0 Å². The van der Waals surface area contributed by atoms with Crippen molar-refractivity contribution in [2.45, 2.75) is 40.2 Å². The molecule has 0 bridgehead atoms. The molecule has 1 rings (SSSR count). The Labute approximate surface area is 124 Å². The van der Waals surface area contributed by atoms with Crippen molar-refractivity contribution in [3.8, 4) is 5.75 Å². The Balaban J connectivity index is 0.00000191. The summed E-state index contributed by atoms with van der Waals surface area (Å²) in [6.07, 6.45) is -0.674. The third-order valence-corrected chi connectivity index (χ3v) is 2.02. The summed E-state index contributed by atoms with van der Waals surface area (Å²) in [7, 11) is 1.34. The molecule has 0 aromatic heterocycles. The molecule has 0 unspecified atom stereocenters. The second kappa shape index (κ2) is 8.08. The molecule has 21 heavy (non-hydrogen) atoms. The van der Waals surface area contributed by atoms with Crippen molar-refractivity contribution < 1.29 is 19.2 Å². The summed E-state index contributed by atoms with van der Waals surface area (Å²) in [4.78, 5) is 21.8. The topological polar surface area (TPSA) is 90.7 Å². The maximum atomic E-state index is 11.5. The number of rotatable bonds is 3. The Bertz CT molecular complexity index is 495. The van der Waals surface area contributed by atoms with E-state index in [0.29, 0.717) is 0 Å². The molecule has 1 aromatic rings. The van der Waals surface area contributed by atoms with E-state index in [-0.39, 0.29) is 17.1 Å². The van der Waals surface area contributed by atoms with Crippen LogP contribution >= 0.6 is 0 Å². The van der Waals surface area contributed by atoms with E-state index in [0.717, 1.165) is 0 Å². The number of hydrogen-bond donors (Lipinski definition) is 1. The van der Waals surface area contributed by atoms with E-state index >= 15 is 0 Å². The number of nitrogens with one attached hydrogen (secondary N) is 1. The second-order valence-corrected chi connectivity index (χ2v) is 4.77. The van der Waals surface area contributed by atoms with E-state index in [1.54, 1.807) is 20.8 Å². The summed E-state index contributed by atoms with van der Waals surface area (Å²) < 4.78 is 9.91. The van der Waals surface area contributed by atoms with Gasteiger partial charge < -0.3 is 9.47 Å². The number of nitrogens with zero attached hydrogens (tertiary/aromatic N) is 1. The fourth-order valence-electron chi connectivity index (χ4n) is 1.33. The standard InChI is InChI=1S/C12H16N2O5.C2H6/c1-12(2,3)19-11(15)13-8-5-6-10(18-4)9(7-8)14(16)17;1-2/h5-7H,1-4H3,(H,13,15);1-2H3. The summed E-state index contributed by atoms with van der Waals surface area (Å²) in [6, 6.07) is 4.11. The lowest BCUT2D eigenvalue weighted by Gasteiger charge is -2.19. The molecular formula is C14H22N2O5. The highest BCUT2D eigenvalue weighted by Gasteiger charge is 2.19. The number of anilines is 1. The number of hydrogen-bond acceptors (Lipinski definition) is 5. The predicted octanol–water partition coefficient (Wildman–Crippen LogP) is 3.98. The molecule has 118 valence electrons. The van der Waals surface area contributed by atoms with Crippen LogP contribution in [-0.4, -0.2) is 23.7 Å². The van der Waals surface area contributed by atoms with Gasteiger partial charge in [0.05, 0.1) is 17.7 Å². The van der Waals surface area contributed by atoms with Crippen molar-refractivity contribution in [2.75, 3.05) is 12.4 Å². The molecule has 0 spiro atoms. The Morgan fingerprint density at radius 1 is 1.29 bits per heavy atom. The molecule has 1 aromatic carbocycles. The lowest BCUT2D eigenvalue weighted by molar-refractivity contribution is -0.385. The molecule has 7 nitrogen and oxygen atoms in total. The van der Waals surface area contributed by atoms with Crippen LogP contribution in [0.3, 0.4) is 0 Å². The van der Waals surface area contributed by atoms with E-state index in [1.165, 1.54) is 25.3 Å². The molecule has 0 aliphatic carbocycles. The number of carbonyl (C=O) groups is 1. The first-order chi connectivity index (χ1) is 9.73. The molecule has 0 heterocycles. The second-order valence-electron chi connectivity index (χ2n) is 4.77. The normalized spacial score (nSPS) is 10.0. The highest BCUT2D eigenvalue weighted by molar-refractivity contribution is 5.85. The fraction of sp³-hybridized carbons (Fsp3) is 0.500. The van der Waals surface area contributed by atoms with Gasteiger partial charge in [-0.1, -0.05) is 13.8 Å². The maximum absolute atomic E-state index is 11.5. The summed E-state index contributed by atoms with van der Waals surface area (Å²) in [5.74, 6) is 0.125. The Hall–Kier alpha value is -2.31. The van der Waals surface area contributed by atoms with Crippen LogP contribution in [0.25, 0.3) is 0 Å². The molecule has 0 atom stereocenters. The first kappa shape index (κ1) is 18.7. The molecule has 7 heteroatoms. The zero-order chi connectivity index (χ0) is 16.6. The van der Waals surface area contributed by atoms with E-state index in [9.17, 15) is 14.9 Å². The van der Waals surface area contributed by atoms with Crippen molar-refractivity contribution in [2.24, 2.45) is 0 Å².